The molecule has 1 N–H and O–H groups in total. The molecule has 96 valence electrons. The fourth-order valence-electron chi connectivity index (χ4n) is 2.91. The molecule has 0 amide bonds. The number of nitrogens with one attached hydrogen (secondary N) is 1. The molecular formula is C15H31N. The molecule has 0 aliphatic heterocycles. The second-order valence-electron chi connectivity index (χ2n) is 6.07. The number of hydrogen-bond donors (Lipinski definition) is 1. The summed E-state index contributed by atoms with van der Waals surface area (Å²) >= 11 is 0. The molecule has 1 aliphatic rings. The van der Waals surface area contributed by atoms with E-state index in [1.165, 1.54) is 44.9 Å². The average molecular weight is 225 g/mol. The van der Waals surface area contributed by atoms with Crippen molar-refractivity contribution >= 4 is 0 Å². The molecule has 4 atom stereocenters. The predicted octanol–water partition coefficient (Wildman–Crippen LogP) is 4.37. The van der Waals surface area contributed by atoms with E-state index in [1.807, 2.05) is 0 Å². The van der Waals surface area contributed by atoms with Crippen LogP contribution >= 0.6 is 0 Å². The zero-order chi connectivity index (χ0) is 12.0. The van der Waals surface area contributed by atoms with Crippen LogP contribution in [0.5, 0.6) is 0 Å². The second kappa shape index (κ2) is 7.32. The predicted molar refractivity (Wildman–Crippen MR) is 72.7 cm³/mol. The van der Waals surface area contributed by atoms with Crippen LogP contribution in [0.3, 0.4) is 0 Å². The van der Waals surface area contributed by atoms with Gasteiger partial charge in [-0.1, -0.05) is 46.5 Å². The molecule has 0 radical (unpaired) electrons. The van der Waals surface area contributed by atoms with E-state index >= 15 is 0 Å². The standard InChI is InChI=1S/C15H31N/c1-5-6-7-8-14(4)16-15-11-12(2)9-10-13(15)3/h12-16H,5-11H2,1-4H3. The molecular weight excluding hydrogens is 194 g/mol. The Morgan fingerprint density at radius 2 is 1.94 bits per heavy atom. The molecule has 1 heteroatoms. The lowest BCUT2D eigenvalue weighted by atomic mass is 9.79. The summed E-state index contributed by atoms with van der Waals surface area (Å²) in [6.07, 6.45) is 9.71. The van der Waals surface area contributed by atoms with Crippen molar-refractivity contribution < 1.29 is 0 Å². The van der Waals surface area contributed by atoms with Gasteiger partial charge < -0.3 is 5.32 Å². The van der Waals surface area contributed by atoms with E-state index in [0.29, 0.717) is 6.04 Å². The van der Waals surface area contributed by atoms with Gasteiger partial charge in [-0.2, -0.15) is 0 Å². The molecule has 1 aliphatic carbocycles. The third-order valence-corrected chi connectivity index (χ3v) is 4.20. The van der Waals surface area contributed by atoms with Gasteiger partial charge in [0.1, 0.15) is 0 Å². The number of unbranched alkanes of at least 4 members (excludes halogenated alkanes) is 2. The van der Waals surface area contributed by atoms with Gasteiger partial charge in [0.2, 0.25) is 0 Å². The summed E-state index contributed by atoms with van der Waals surface area (Å²) in [5, 5.41) is 3.86. The first-order valence-electron chi connectivity index (χ1n) is 7.39. The van der Waals surface area contributed by atoms with Crippen molar-refractivity contribution in [2.24, 2.45) is 11.8 Å². The van der Waals surface area contributed by atoms with Crippen LogP contribution in [-0.2, 0) is 0 Å². The summed E-state index contributed by atoms with van der Waals surface area (Å²) in [5.41, 5.74) is 0. The summed E-state index contributed by atoms with van der Waals surface area (Å²) in [6, 6.07) is 1.49. The van der Waals surface area contributed by atoms with E-state index in [9.17, 15) is 0 Å². The van der Waals surface area contributed by atoms with Gasteiger partial charge in [-0.3, -0.25) is 0 Å². The molecule has 16 heavy (non-hydrogen) atoms. The van der Waals surface area contributed by atoms with Crippen LogP contribution in [0.1, 0.15) is 72.6 Å². The molecule has 1 saturated carbocycles. The first-order chi connectivity index (χ1) is 7.63. The van der Waals surface area contributed by atoms with Crippen molar-refractivity contribution in [1.82, 2.24) is 5.32 Å². The number of hydrogen-bond acceptors (Lipinski definition) is 1. The van der Waals surface area contributed by atoms with Gasteiger partial charge in [0, 0.05) is 12.1 Å². The SMILES string of the molecule is CCCCCC(C)NC1CC(C)CCC1C. The van der Waals surface area contributed by atoms with Gasteiger partial charge in [0.25, 0.3) is 0 Å². The number of rotatable bonds is 6. The first-order valence-corrected chi connectivity index (χ1v) is 7.39. The molecule has 0 aromatic heterocycles. The first kappa shape index (κ1) is 14.0. The van der Waals surface area contributed by atoms with Crippen molar-refractivity contribution in [1.29, 1.82) is 0 Å². The highest BCUT2D eigenvalue weighted by Crippen LogP contribution is 2.28. The highest BCUT2D eigenvalue weighted by molar-refractivity contribution is 4.83. The van der Waals surface area contributed by atoms with Gasteiger partial charge in [0.15, 0.2) is 0 Å². The molecule has 1 nitrogen and oxygen atoms in total. The average Bonchev–Trinajstić information content (AvgIpc) is 2.24. The Hall–Kier alpha value is -0.0400. The van der Waals surface area contributed by atoms with Crippen LogP contribution in [0.4, 0.5) is 0 Å². The minimum atomic E-state index is 0.712. The fraction of sp³-hybridized carbons (Fsp3) is 1.00. The highest BCUT2D eigenvalue weighted by Gasteiger charge is 2.25. The van der Waals surface area contributed by atoms with Crippen molar-refractivity contribution in [3.8, 4) is 0 Å². The lowest BCUT2D eigenvalue weighted by Crippen LogP contribution is -2.43. The molecule has 0 spiro atoms. The Morgan fingerprint density at radius 1 is 1.19 bits per heavy atom. The second-order valence-corrected chi connectivity index (χ2v) is 6.07. The van der Waals surface area contributed by atoms with Gasteiger partial charge in [-0.15, -0.1) is 0 Å². The van der Waals surface area contributed by atoms with E-state index < -0.39 is 0 Å². The Balaban J connectivity index is 2.23. The summed E-state index contributed by atoms with van der Waals surface area (Å²) in [6.45, 7) is 9.47. The molecule has 0 aromatic carbocycles. The van der Waals surface area contributed by atoms with Crippen molar-refractivity contribution in [2.75, 3.05) is 0 Å². The summed E-state index contributed by atoms with van der Waals surface area (Å²) in [4.78, 5) is 0. The van der Waals surface area contributed by atoms with Crippen LogP contribution in [0.2, 0.25) is 0 Å². The third-order valence-electron chi connectivity index (χ3n) is 4.20. The van der Waals surface area contributed by atoms with Crippen molar-refractivity contribution in [3.05, 3.63) is 0 Å². The van der Waals surface area contributed by atoms with Crippen LogP contribution in [-0.4, -0.2) is 12.1 Å². The van der Waals surface area contributed by atoms with Crippen LogP contribution in [0.15, 0.2) is 0 Å². The maximum absolute atomic E-state index is 3.86. The van der Waals surface area contributed by atoms with Gasteiger partial charge in [-0.25, -0.2) is 0 Å². The lowest BCUT2D eigenvalue weighted by Gasteiger charge is -2.35. The normalized spacial score (nSPS) is 32.6. The molecule has 1 rings (SSSR count). The summed E-state index contributed by atoms with van der Waals surface area (Å²) in [7, 11) is 0. The largest absolute Gasteiger partial charge is 0.311 e. The van der Waals surface area contributed by atoms with E-state index in [-0.39, 0.29) is 0 Å². The molecule has 0 aromatic rings. The van der Waals surface area contributed by atoms with E-state index in [4.69, 9.17) is 0 Å². The summed E-state index contributed by atoms with van der Waals surface area (Å²) in [5.74, 6) is 1.81. The zero-order valence-corrected chi connectivity index (χ0v) is 11.8. The van der Waals surface area contributed by atoms with Gasteiger partial charge >= 0.3 is 0 Å². The lowest BCUT2D eigenvalue weighted by molar-refractivity contribution is 0.212. The molecule has 4 unspecified atom stereocenters. The topological polar surface area (TPSA) is 12.0 Å². The minimum absolute atomic E-state index is 0.712. The van der Waals surface area contributed by atoms with Crippen LogP contribution < -0.4 is 5.32 Å². The van der Waals surface area contributed by atoms with Gasteiger partial charge in [-0.05, 0) is 38.0 Å². The Morgan fingerprint density at radius 3 is 2.62 bits per heavy atom. The monoisotopic (exact) mass is 225 g/mol. The van der Waals surface area contributed by atoms with Crippen LogP contribution in [0.25, 0.3) is 0 Å². The highest BCUT2D eigenvalue weighted by atomic mass is 15.0. The van der Waals surface area contributed by atoms with Gasteiger partial charge in [0.05, 0.1) is 0 Å². The molecule has 0 saturated heterocycles. The quantitative estimate of drug-likeness (QED) is 0.662. The van der Waals surface area contributed by atoms with E-state index in [0.717, 1.165) is 17.9 Å². The third kappa shape index (κ3) is 4.86. The van der Waals surface area contributed by atoms with Crippen LogP contribution in [0, 0.1) is 11.8 Å². The Bertz CT molecular complexity index is 178. The maximum atomic E-state index is 3.86. The Kier molecular flexibility index (Phi) is 6.41. The van der Waals surface area contributed by atoms with E-state index in [1.54, 1.807) is 0 Å². The van der Waals surface area contributed by atoms with Crippen molar-refractivity contribution in [3.63, 3.8) is 0 Å². The maximum Gasteiger partial charge on any atom is 0.00977 e. The zero-order valence-electron chi connectivity index (χ0n) is 11.8. The smallest absolute Gasteiger partial charge is 0.00977 e. The molecule has 1 fully saturated rings. The Labute approximate surface area is 102 Å². The molecule has 0 bridgehead atoms. The van der Waals surface area contributed by atoms with E-state index in [2.05, 4.69) is 33.0 Å². The summed E-state index contributed by atoms with van der Waals surface area (Å²) < 4.78 is 0. The van der Waals surface area contributed by atoms with Crippen molar-refractivity contribution in [2.45, 2.75) is 84.7 Å². The molecule has 0 heterocycles. The minimum Gasteiger partial charge on any atom is -0.311 e. The fourth-order valence-corrected chi connectivity index (χ4v) is 2.91.